The quantitative estimate of drug-likeness (QED) is 0.941. The molecular weight excluding hydrogens is 274 g/mol. The molecule has 0 fully saturated rings. The zero-order chi connectivity index (χ0) is 13.8. The predicted octanol–water partition coefficient (Wildman–Crippen LogP) is 3.12. The van der Waals surface area contributed by atoms with E-state index in [-0.39, 0.29) is 18.5 Å². The molecule has 2 rings (SSSR count). The Labute approximate surface area is 125 Å². The van der Waals surface area contributed by atoms with Gasteiger partial charge in [0.15, 0.2) is 0 Å². The second-order valence-corrected chi connectivity index (χ2v) is 4.69. The van der Waals surface area contributed by atoms with Gasteiger partial charge < -0.3 is 10.5 Å². The Kier molecular flexibility index (Phi) is 5.92. The van der Waals surface area contributed by atoms with Gasteiger partial charge in [0.1, 0.15) is 11.6 Å². The molecule has 1 aromatic carbocycles. The normalized spacial score (nSPS) is 10.2. The fourth-order valence-corrected chi connectivity index (χ4v) is 1.86. The van der Waals surface area contributed by atoms with Crippen molar-refractivity contribution in [1.82, 2.24) is 9.97 Å². The molecule has 20 heavy (non-hydrogen) atoms. The summed E-state index contributed by atoms with van der Waals surface area (Å²) >= 11 is 0. The van der Waals surface area contributed by atoms with E-state index in [1.54, 1.807) is 0 Å². The van der Waals surface area contributed by atoms with Gasteiger partial charge >= 0.3 is 0 Å². The molecule has 0 amide bonds. The first-order valence-electron chi connectivity index (χ1n) is 6.40. The smallest absolute Gasteiger partial charge is 0.126 e. The number of nitrogens with two attached hydrogens (primary N) is 1. The average molecular weight is 294 g/mol. The largest absolute Gasteiger partial charge is 0.491 e. The second-order valence-electron chi connectivity index (χ2n) is 4.69. The summed E-state index contributed by atoms with van der Waals surface area (Å²) in [5, 5.41) is 0. The highest BCUT2D eigenvalue weighted by atomic mass is 35.5. The van der Waals surface area contributed by atoms with E-state index in [0.29, 0.717) is 6.54 Å². The molecule has 2 N–H and O–H groups in total. The number of benzene rings is 1. The Bertz CT molecular complexity index is 556. The average Bonchev–Trinajstić information content (AvgIpc) is 2.38. The van der Waals surface area contributed by atoms with Crippen LogP contribution in [0, 0.1) is 6.92 Å². The van der Waals surface area contributed by atoms with E-state index in [0.717, 1.165) is 28.5 Å². The van der Waals surface area contributed by atoms with Gasteiger partial charge in [0.05, 0.1) is 17.5 Å². The highest BCUT2D eigenvalue weighted by Crippen LogP contribution is 2.22. The number of ether oxygens (including phenoxy) is 1. The van der Waals surface area contributed by atoms with Crippen molar-refractivity contribution >= 4 is 12.4 Å². The number of rotatable bonds is 4. The summed E-state index contributed by atoms with van der Waals surface area (Å²) in [6.07, 6.45) is 0.177. The van der Waals surface area contributed by atoms with Gasteiger partial charge in [-0.3, -0.25) is 0 Å². The lowest BCUT2D eigenvalue weighted by Gasteiger charge is -2.10. The van der Waals surface area contributed by atoms with Gasteiger partial charge in [-0.2, -0.15) is 0 Å². The van der Waals surface area contributed by atoms with Crippen LogP contribution >= 0.6 is 12.4 Å². The monoisotopic (exact) mass is 293 g/mol. The molecule has 108 valence electrons. The molecule has 0 aliphatic rings. The van der Waals surface area contributed by atoms with E-state index in [1.165, 1.54) is 0 Å². The van der Waals surface area contributed by atoms with E-state index in [4.69, 9.17) is 10.5 Å². The van der Waals surface area contributed by atoms with Gasteiger partial charge in [0, 0.05) is 12.1 Å². The Hall–Kier alpha value is -1.65. The van der Waals surface area contributed by atoms with Crippen molar-refractivity contribution in [3.05, 3.63) is 41.9 Å². The standard InChI is InChI=1S/C15H19N3O.ClH/c1-10(2)19-14-6-4-12(5-7-14)15-8-13(9-16)17-11(3)18-15;/h4-8,10H,9,16H2,1-3H3;1H. The molecule has 4 nitrogen and oxygen atoms in total. The van der Waals surface area contributed by atoms with Crippen LogP contribution in [0.25, 0.3) is 11.3 Å². The molecule has 0 spiro atoms. The van der Waals surface area contributed by atoms with Crippen LogP contribution in [0.1, 0.15) is 25.4 Å². The van der Waals surface area contributed by atoms with Gasteiger partial charge in [-0.15, -0.1) is 12.4 Å². The van der Waals surface area contributed by atoms with Crippen LogP contribution in [0.15, 0.2) is 30.3 Å². The fourth-order valence-electron chi connectivity index (χ4n) is 1.86. The molecule has 2 aromatic rings. The lowest BCUT2D eigenvalue weighted by Crippen LogP contribution is -2.05. The zero-order valence-corrected chi connectivity index (χ0v) is 12.8. The van der Waals surface area contributed by atoms with Crippen LogP contribution in [-0.4, -0.2) is 16.1 Å². The molecule has 0 unspecified atom stereocenters. The molecule has 0 aliphatic carbocycles. The minimum absolute atomic E-state index is 0. The predicted molar refractivity (Wildman–Crippen MR) is 83.1 cm³/mol. The number of halogens is 1. The minimum atomic E-state index is 0. The van der Waals surface area contributed by atoms with Crippen molar-refractivity contribution in [2.24, 2.45) is 5.73 Å². The van der Waals surface area contributed by atoms with Crippen molar-refractivity contribution in [2.75, 3.05) is 0 Å². The van der Waals surface area contributed by atoms with Gasteiger partial charge in [-0.25, -0.2) is 9.97 Å². The van der Waals surface area contributed by atoms with Crippen molar-refractivity contribution < 1.29 is 4.74 Å². The van der Waals surface area contributed by atoms with Crippen LogP contribution in [0.4, 0.5) is 0 Å². The van der Waals surface area contributed by atoms with Crippen molar-refractivity contribution in [3.63, 3.8) is 0 Å². The Morgan fingerprint density at radius 2 is 1.80 bits per heavy atom. The molecule has 5 heteroatoms. The molecule has 0 saturated heterocycles. The first-order chi connectivity index (χ1) is 9.08. The van der Waals surface area contributed by atoms with E-state index < -0.39 is 0 Å². The third-order valence-corrected chi connectivity index (χ3v) is 2.62. The van der Waals surface area contributed by atoms with Gasteiger partial charge in [-0.05, 0) is 51.1 Å². The highest BCUT2D eigenvalue weighted by molar-refractivity contribution is 5.85. The van der Waals surface area contributed by atoms with Crippen LogP contribution in [0.3, 0.4) is 0 Å². The first kappa shape index (κ1) is 16.4. The summed E-state index contributed by atoms with van der Waals surface area (Å²) in [5.41, 5.74) is 8.42. The lowest BCUT2D eigenvalue weighted by atomic mass is 10.1. The van der Waals surface area contributed by atoms with Gasteiger partial charge in [0.25, 0.3) is 0 Å². The number of nitrogens with zero attached hydrogens (tertiary/aromatic N) is 2. The maximum atomic E-state index is 5.63. The number of aryl methyl sites for hydroxylation is 1. The lowest BCUT2D eigenvalue weighted by molar-refractivity contribution is 0.242. The molecule has 1 aromatic heterocycles. The number of hydrogen-bond donors (Lipinski definition) is 1. The van der Waals surface area contributed by atoms with Gasteiger partial charge in [0.2, 0.25) is 0 Å². The summed E-state index contributed by atoms with van der Waals surface area (Å²) in [5.74, 6) is 1.60. The summed E-state index contributed by atoms with van der Waals surface area (Å²) in [6.45, 7) is 6.31. The topological polar surface area (TPSA) is 61.0 Å². The molecule has 0 atom stereocenters. The molecule has 0 saturated carbocycles. The molecular formula is C15H20ClN3O. The summed E-state index contributed by atoms with van der Waals surface area (Å²) < 4.78 is 5.62. The van der Waals surface area contributed by atoms with Crippen LogP contribution < -0.4 is 10.5 Å². The second kappa shape index (κ2) is 7.22. The van der Waals surface area contributed by atoms with Crippen LogP contribution in [0.2, 0.25) is 0 Å². The summed E-state index contributed by atoms with van der Waals surface area (Å²) in [7, 11) is 0. The van der Waals surface area contributed by atoms with E-state index in [9.17, 15) is 0 Å². The molecule has 0 aliphatic heterocycles. The molecule has 1 heterocycles. The Balaban J connectivity index is 0.00000200. The Morgan fingerprint density at radius 1 is 1.15 bits per heavy atom. The van der Waals surface area contributed by atoms with Crippen LogP contribution in [0.5, 0.6) is 5.75 Å². The van der Waals surface area contributed by atoms with Crippen molar-refractivity contribution in [2.45, 2.75) is 33.4 Å². The Morgan fingerprint density at radius 3 is 2.35 bits per heavy atom. The first-order valence-corrected chi connectivity index (χ1v) is 6.40. The summed E-state index contributed by atoms with van der Waals surface area (Å²) in [4.78, 5) is 8.71. The van der Waals surface area contributed by atoms with Crippen molar-refractivity contribution in [3.8, 4) is 17.0 Å². The molecule has 0 bridgehead atoms. The highest BCUT2D eigenvalue weighted by Gasteiger charge is 2.04. The van der Waals surface area contributed by atoms with E-state index in [1.807, 2.05) is 51.1 Å². The minimum Gasteiger partial charge on any atom is -0.491 e. The fraction of sp³-hybridized carbons (Fsp3) is 0.333. The van der Waals surface area contributed by atoms with E-state index in [2.05, 4.69) is 9.97 Å². The maximum absolute atomic E-state index is 5.63. The number of aromatic nitrogens is 2. The number of hydrogen-bond acceptors (Lipinski definition) is 4. The molecule has 0 radical (unpaired) electrons. The van der Waals surface area contributed by atoms with E-state index >= 15 is 0 Å². The van der Waals surface area contributed by atoms with Crippen molar-refractivity contribution in [1.29, 1.82) is 0 Å². The SMILES string of the molecule is Cc1nc(CN)cc(-c2ccc(OC(C)C)cc2)n1.Cl. The third-order valence-electron chi connectivity index (χ3n) is 2.62. The van der Waals surface area contributed by atoms with Gasteiger partial charge in [-0.1, -0.05) is 0 Å². The summed E-state index contributed by atoms with van der Waals surface area (Å²) in [6, 6.07) is 9.83. The third kappa shape index (κ3) is 4.18. The maximum Gasteiger partial charge on any atom is 0.126 e. The van der Waals surface area contributed by atoms with Crippen LogP contribution in [-0.2, 0) is 6.54 Å². The zero-order valence-electron chi connectivity index (χ0n) is 12.0.